The van der Waals surface area contributed by atoms with Crippen LogP contribution in [0.4, 0.5) is 5.69 Å². The van der Waals surface area contributed by atoms with Gasteiger partial charge < -0.3 is 4.74 Å². The van der Waals surface area contributed by atoms with Gasteiger partial charge in [-0.05, 0) is 11.6 Å². The number of hydrogen-bond donors (Lipinski definition) is 0. The first-order valence-electron chi connectivity index (χ1n) is 4.56. The van der Waals surface area contributed by atoms with Gasteiger partial charge in [0, 0.05) is 6.42 Å². The Morgan fingerprint density at radius 2 is 2.27 bits per heavy atom. The summed E-state index contributed by atoms with van der Waals surface area (Å²) in [5.74, 6) is -0.439. The van der Waals surface area contributed by atoms with E-state index in [0.29, 0.717) is 12.1 Å². The Bertz CT molecular complexity index is 405. The monoisotopic (exact) mass is 206 g/mol. The second-order valence-electron chi connectivity index (χ2n) is 3.30. The Labute approximate surface area is 86.6 Å². The number of para-hydroxylation sites is 1. The standard InChI is InChI=1S/C10H10N2O3/c1-15-10(13)9-6-7-4-2-3-5-8(7)12(9)11-14/h2-5,9H,6H2,1H3. The number of hydrogen-bond acceptors (Lipinski definition) is 4. The zero-order chi connectivity index (χ0) is 10.8. The molecule has 0 spiro atoms. The van der Waals surface area contributed by atoms with Gasteiger partial charge in [0.15, 0.2) is 6.04 Å². The Balaban J connectivity index is 2.36. The highest BCUT2D eigenvalue weighted by Crippen LogP contribution is 2.32. The number of carbonyl (C=O) groups is 1. The number of rotatable bonds is 2. The van der Waals surface area contributed by atoms with Gasteiger partial charge in [-0.2, -0.15) is 0 Å². The van der Waals surface area contributed by atoms with Gasteiger partial charge in [-0.15, -0.1) is 4.91 Å². The minimum Gasteiger partial charge on any atom is -0.467 e. The van der Waals surface area contributed by atoms with Crippen molar-refractivity contribution in [3.05, 3.63) is 34.7 Å². The van der Waals surface area contributed by atoms with Crippen molar-refractivity contribution in [3.63, 3.8) is 0 Å². The molecular formula is C10H10N2O3. The number of nitrogens with zero attached hydrogens (tertiary/aromatic N) is 2. The van der Waals surface area contributed by atoms with Crippen LogP contribution in [-0.4, -0.2) is 19.1 Å². The topological polar surface area (TPSA) is 59.0 Å². The molecule has 0 amide bonds. The van der Waals surface area contributed by atoms with Crippen molar-refractivity contribution in [2.24, 2.45) is 5.29 Å². The van der Waals surface area contributed by atoms with Crippen LogP contribution in [0.15, 0.2) is 29.6 Å². The van der Waals surface area contributed by atoms with Gasteiger partial charge in [-0.25, -0.2) is 9.80 Å². The molecule has 1 aliphatic rings. The first-order chi connectivity index (χ1) is 7.27. The molecular weight excluding hydrogens is 196 g/mol. The van der Waals surface area contributed by atoms with Crippen LogP contribution in [0, 0.1) is 4.91 Å². The molecule has 2 rings (SSSR count). The van der Waals surface area contributed by atoms with Crippen LogP contribution in [0.25, 0.3) is 0 Å². The molecule has 15 heavy (non-hydrogen) atoms. The number of ether oxygens (including phenoxy) is 1. The van der Waals surface area contributed by atoms with E-state index in [9.17, 15) is 9.70 Å². The fraction of sp³-hybridized carbons (Fsp3) is 0.300. The van der Waals surface area contributed by atoms with Crippen molar-refractivity contribution in [1.29, 1.82) is 0 Å². The van der Waals surface area contributed by atoms with Gasteiger partial charge in [-0.1, -0.05) is 18.2 Å². The molecule has 78 valence electrons. The van der Waals surface area contributed by atoms with Gasteiger partial charge in [0.05, 0.1) is 18.1 Å². The van der Waals surface area contributed by atoms with Crippen LogP contribution >= 0.6 is 0 Å². The lowest BCUT2D eigenvalue weighted by molar-refractivity contribution is -0.142. The molecule has 0 saturated carbocycles. The minimum atomic E-state index is -0.620. The number of fused-ring (bicyclic) bond motifs is 1. The first kappa shape index (κ1) is 9.64. The fourth-order valence-electron chi connectivity index (χ4n) is 1.79. The smallest absolute Gasteiger partial charge is 0.331 e. The summed E-state index contributed by atoms with van der Waals surface area (Å²) < 4.78 is 4.62. The summed E-state index contributed by atoms with van der Waals surface area (Å²) in [5.41, 5.74) is 1.62. The number of benzene rings is 1. The summed E-state index contributed by atoms with van der Waals surface area (Å²) in [6, 6.07) is 6.68. The SMILES string of the molecule is COC(=O)C1Cc2ccccc2N1N=O. The molecule has 0 fully saturated rings. The molecule has 0 aromatic heterocycles. The highest BCUT2D eigenvalue weighted by molar-refractivity contribution is 5.83. The summed E-state index contributed by atoms with van der Waals surface area (Å²) >= 11 is 0. The van der Waals surface area contributed by atoms with E-state index in [4.69, 9.17) is 0 Å². The van der Waals surface area contributed by atoms with Crippen LogP contribution in [0.2, 0.25) is 0 Å². The minimum absolute atomic E-state index is 0.439. The van der Waals surface area contributed by atoms with Crippen molar-refractivity contribution >= 4 is 11.7 Å². The molecule has 5 heteroatoms. The summed E-state index contributed by atoms with van der Waals surface area (Å²) in [6.07, 6.45) is 0.467. The summed E-state index contributed by atoms with van der Waals surface area (Å²) in [7, 11) is 1.30. The van der Waals surface area contributed by atoms with Gasteiger partial charge in [0.25, 0.3) is 0 Å². The van der Waals surface area contributed by atoms with E-state index in [-0.39, 0.29) is 0 Å². The van der Waals surface area contributed by atoms with E-state index >= 15 is 0 Å². The maximum absolute atomic E-state index is 11.4. The molecule has 0 saturated heterocycles. The molecule has 1 aromatic carbocycles. The molecule has 1 aromatic rings. The van der Waals surface area contributed by atoms with Gasteiger partial charge in [0.1, 0.15) is 0 Å². The van der Waals surface area contributed by atoms with E-state index in [1.807, 2.05) is 12.1 Å². The number of esters is 1. The van der Waals surface area contributed by atoms with Crippen molar-refractivity contribution in [2.45, 2.75) is 12.5 Å². The Morgan fingerprint density at radius 3 is 2.93 bits per heavy atom. The molecule has 5 nitrogen and oxygen atoms in total. The summed E-state index contributed by atoms with van der Waals surface area (Å²) in [5, 5.41) is 4.03. The highest BCUT2D eigenvalue weighted by atomic mass is 16.5. The van der Waals surface area contributed by atoms with E-state index in [0.717, 1.165) is 5.56 Å². The third-order valence-electron chi connectivity index (χ3n) is 2.51. The van der Waals surface area contributed by atoms with Gasteiger partial charge in [0.2, 0.25) is 0 Å². The molecule has 1 heterocycles. The molecule has 1 unspecified atom stereocenters. The largest absolute Gasteiger partial charge is 0.467 e. The maximum atomic E-state index is 11.4. The van der Waals surface area contributed by atoms with Crippen LogP contribution in [0.3, 0.4) is 0 Å². The van der Waals surface area contributed by atoms with E-state index in [2.05, 4.69) is 10.0 Å². The predicted molar refractivity (Wildman–Crippen MR) is 54.2 cm³/mol. The number of anilines is 1. The molecule has 1 aliphatic heterocycles. The van der Waals surface area contributed by atoms with E-state index in [1.165, 1.54) is 12.1 Å². The first-order valence-corrected chi connectivity index (χ1v) is 4.56. The molecule has 1 atom stereocenters. The lowest BCUT2D eigenvalue weighted by Crippen LogP contribution is -2.35. The average molecular weight is 206 g/mol. The molecule has 0 aliphatic carbocycles. The second kappa shape index (κ2) is 3.68. The highest BCUT2D eigenvalue weighted by Gasteiger charge is 2.36. The van der Waals surface area contributed by atoms with Crippen LogP contribution in [0.1, 0.15) is 5.56 Å². The van der Waals surface area contributed by atoms with E-state index in [1.54, 1.807) is 12.1 Å². The normalized spacial score (nSPS) is 18.5. The third kappa shape index (κ3) is 1.45. The van der Waals surface area contributed by atoms with Crippen LogP contribution in [-0.2, 0) is 16.0 Å². The Hall–Kier alpha value is -1.91. The quantitative estimate of drug-likeness (QED) is 0.540. The van der Waals surface area contributed by atoms with Crippen molar-refractivity contribution in [3.8, 4) is 0 Å². The lowest BCUT2D eigenvalue weighted by Gasteiger charge is -2.15. The summed E-state index contributed by atoms with van der Waals surface area (Å²) in [4.78, 5) is 22.1. The van der Waals surface area contributed by atoms with Crippen molar-refractivity contribution in [1.82, 2.24) is 0 Å². The van der Waals surface area contributed by atoms with Crippen LogP contribution in [0.5, 0.6) is 0 Å². The van der Waals surface area contributed by atoms with Gasteiger partial charge >= 0.3 is 5.97 Å². The molecule has 0 bridgehead atoms. The molecule has 0 N–H and O–H groups in total. The van der Waals surface area contributed by atoms with Crippen molar-refractivity contribution in [2.75, 3.05) is 12.1 Å². The molecule has 0 radical (unpaired) electrons. The average Bonchev–Trinajstić information content (AvgIpc) is 2.66. The summed E-state index contributed by atoms with van der Waals surface area (Å²) in [6.45, 7) is 0. The second-order valence-corrected chi connectivity index (χ2v) is 3.30. The zero-order valence-corrected chi connectivity index (χ0v) is 8.21. The van der Waals surface area contributed by atoms with Crippen LogP contribution < -0.4 is 5.01 Å². The maximum Gasteiger partial charge on any atom is 0.331 e. The Kier molecular flexibility index (Phi) is 2.37. The predicted octanol–water partition coefficient (Wildman–Crippen LogP) is 1.27. The van der Waals surface area contributed by atoms with Crippen molar-refractivity contribution < 1.29 is 9.53 Å². The Morgan fingerprint density at radius 1 is 1.53 bits per heavy atom. The van der Waals surface area contributed by atoms with E-state index < -0.39 is 12.0 Å². The lowest BCUT2D eigenvalue weighted by atomic mass is 10.1. The van der Waals surface area contributed by atoms with Gasteiger partial charge in [-0.3, -0.25) is 0 Å². The third-order valence-corrected chi connectivity index (χ3v) is 2.51. The number of methoxy groups -OCH3 is 1. The zero-order valence-electron chi connectivity index (χ0n) is 8.21. The fourth-order valence-corrected chi connectivity index (χ4v) is 1.79. The number of carbonyl (C=O) groups excluding carboxylic acids is 1. The number of nitroso groups, excluding NO2 is 1.